The van der Waals surface area contributed by atoms with Gasteiger partial charge in [0.25, 0.3) is 0 Å². The second kappa shape index (κ2) is 8.63. The van der Waals surface area contributed by atoms with E-state index < -0.39 is 0 Å². The van der Waals surface area contributed by atoms with Crippen molar-refractivity contribution in [3.8, 4) is 0 Å². The van der Waals surface area contributed by atoms with Crippen molar-refractivity contribution in [3.05, 3.63) is 36.2 Å². The van der Waals surface area contributed by atoms with Crippen LogP contribution in [-0.4, -0.2) is 53.7 Å². The van der Waals surface area contributed by atoms with Gasteiger partial charge in [0.1, 0.15) is 5.71 Å². The van der Waals surface area contributed by atoms with Crippen molar-refractivity contribution < 1.29 is 5.21 Å². The fraction of sp³-hybridized carbons (Fsp3) is 0.357. The third-order valence-electron chi connectivity index (χ3n) is 3.10. The number of oxime groups is 1. The summed E-state index contributed by atoms with van der Waals surface area (Å²) < 4.78 is 0. The van der Waals surface area contributed by atoms with Crippen molar-refractivity contribution in [1.82, 2.24) is 10.2 Å². The van der Waals surface area contributed by atoms with Gasteiger partial charge in [0.2, 0.25) is 0 Å². The molecule has 0 aromatic heterocycles. The van der Waals surface area contributed by atoms with Crippen molar-refractivity contribution in [1.29, 1.82) is 5.41 Å². The van der Waals surface area contributed by atoms with Crippen molar-refractivity contribution >= 4 is 17.4 Å². The normalized spacial score (nSPS) is 17.1. The Balaban J connectivity index is 3.06. The summed E-state index contributed by atoms with van der Waals surface area (Å²) in [6, 6.07) is -0.108. The largest absolute Gasteiger partial charge is 0.409 e. The molecule has 0 spiro atoms. The van der Waals surface area contributed by atoms with Crippen LogP contribution in [0.4, 0.5) is 0 Å². The standard InChI is InChI=1S/C14H23N7O/c1-10(8-15)21(7-5-11-4-3-6-19-9-11)14(18-2)12(16)13(17)20-22/h3-5,7,9-10,16,19,22H,6,8,15H2,1-2H3,(H2,17,20)/b7-5+,16-12?,18-14?. The maximum Gasteiger partial charge on any atom is 0.191 e. The minimum atomic E-state index is -0.304. The summed E-state index contributed by atoms with van der Waals surface area (Å²) in [5.74, 6) is -0.0282. The predicted octanol–water partition coefficient (Wildman–Crippen LogP) is -0.0129. The van der Waals surface area contributed by atoms with Crippen LogP contribution in [-0.2, 0) is 0 Å². The molecule has 0 saturated heterocycles. The Morgan fingerprint density at radius 2 is 2.36 bits per heavy atom. The number of hydrogen-bond acceptors (Lipinski definition) is 6. The Bertz CT molecular complexity index is 545. The lowest BCUT2D eigenvalue weighted by molar-refractivity contribution is 0.319. The van der Waals surface area contributed by atoms with Gasteiger partial charge in [0.15, 0.2) is 11.7 Å². The molecule has 22 heavy (non-hydrogen) atoms. The maximum atomic E-state index is 8.74. The van der Waals surface area contributed by atoms with Crippen LogP contribution in [0.3, 0.4) is 0 Å². The van der Waals surface area contributed by atoms with Crippen molar-refractivity contribution in [3.63, 3.8) is 0 Å². The molecule has 1 heterocycles. The van der Waals surface area contributed by atoms with Crippen LogP contribution in [0.2, 0.25) is 0 Å². The molecule has 7 N–H and O–H groups in total. The second-order valence-corrected chi connectivity index (χ2v) is 4.67. The molecule has 1 unspecified atom stereocenters. The molecule has 0 radical (unpaired) electrons. The zero-order valence-corrected chi connectivity index (χ0v) is 12.8. The number of nitrogens with one attached hydrogen (secondary N) is 2. The molecule has 8 nitrogen and oxygen atoms in total. The lowest BCUT2D eigenvalue weighted by atomic mass is 10.2. The Morgan fingerprint density at radius 3 is 2.86 bits per heavy atom. The summed E-state index contributed by atoms with van der Waals surface area (Å²) in [5.41, 5.74) is 12.0. The molecule has 0 bridgehead atoms. The molecule has 0 aliphatic carbocycles. The van der Waals surface area contributed by atoms with Crippen LogP contribution >= 0.6 is 0 Å². The molecule has 1 aliphatic rings. The zero-order valence-electron chi connectivity index (χ0n) is 12.8. The highest BCUT2D eigenvalue weighted by molar-refractivity contribution is 6.66. The highest BCUT2D eigenvalue weighted by Gasteiger charge is 2.21. The Morgan fingerprint density at radius 1 is 1.64 bits per heavy atom. The average molecular weight is 305 g/mol. The zero-order chi connectivity index (χ0) is 16.5. The van der Waals surface area contributed by atoms with E-state index in [1.165, 1.54) is 0 Å². The van der Waals surface area contributed by atoms with Gasteiger partial charge in [-0.25, -0.2) is 0 Å². The number of rotatable bonds is 6. The van der Waals surface area contributed by atoms with E-state index in [2.05, 4.69) is 15.5 Å². The Hall–Kier alpha value is -2.61. The molecule has 1 rings (SSSR count). The van der Waals surface area contributed by atoms with E-state index >= 15 is 0 Å². The van der Waals surface area contributed by atoms with Gasteiger partial charge in [0.05, 0.1) is 0 Å². The third-order valence-corrected chi connectivity index (χ3v) is 3.10. The van der Waals surface area contributed by atoms with E-state index in [9.17, 15) is 0 Å². The second-order valence-electron chi connectivity index (χ2n) is 4.67. The first-order chi connectivity index (χ1) is 10.5. The van der Waals surface area contributed by atoms with E-state index in [0.29, 0.717) is 6.54 Å². The molecule has 1 aliphatic heterocycles. The molecule has 120 valence electrons. The van der Waals surface area contributed by atoms with Crippen LogP contribution < -0.4 is 16.8 Å². The maximum absolute atomic E-state index is 8.74. The summed E-state index contributed by atoms with van der Waals surface area (Å²) in [6.45, 7) is 3.06. The molecule has 0 aromatic rings. The molecule has 8 heteroatoms. The lowest BCUT2D eigenvalue weighted by Crippen LogP contribution is -2.46. The monoisotopic (exact) mass is 305 g/mol. The van der Waals surface area contributed by atoms with E-state index in [-0.39, 0.29) is 23.4 Å². The number of nitrogens with zero attached hydrogens (tertiary/aromatic N) is 3. The van der Waals surface area contributed by atoms with Gasteiger partial charge in [-0.1, -0.05) is 17.3 Å². The first kappa shape index (κ1) is 17.4. The van der Waals surface area contributed by atoms with Crippen molar-refractivity contribution in [2.45, 2.75) is 13.0 Å². The minimum Gasteiger partial charge on any atom is -0.409 e. The number of amidine groups is 2. The van der Waals surface area contributed by atoms with Crippen LogP contribution in [0, 0.1) is 5.41 Å². The molecule has 1 atom stereocenters. The van der Waals surface area contributed by atoms with Gasteiger partial charge in [-0.3, -0.25) is 10.4 Å². The first-order valence-corrected chi connectivity index (χ1v) is 6.85. The summed E-state index contributed by atoms with van der Waals surface area (Å²) in [7, 11) is 1.54. The smallest absolute Gasteiger partial charge is 0.191 e. The van der Waals surface area contributed by atoms with E-state index in [1.807, 2.05) is 31.4 Å². The fourth-order valence-electron chi connectivity index (χ4n) is 1.82. The number of nitrogens with two attached hydrogens (primary N) is 2. The predicted molar refractivity (Wildman–Crippen MR) is 89.2 cm³/mol. The van der Waals surface area contributed by atoms with Gasteiger partial charge >= 0.3 is 0 Å². The van der Waals surface area contributed by atoms with E-state index in [0.717, 1.165) is 12.1 Å². The van der Waals surface area contributed by atoms with Crippen LogP contribution in [0.1, 0.15) is 6.92 Å². The SMILES string of the molecule is CN=C(C(=N)/C(N)=N\O)N(/C=C/C1=CNCC=C1)C(C)CN. The van der Waals surface area contributed by atoms with Crippen molar-refractivity contribution in [2.24, 2.45) is 21.6 Å². The molecular formula is C14H23N7O. The number of aliphatic imine (C=N–C) groups is 1. The number of allylic oxidation sites excluding steroid dienone is 3. The van der Waals surface area contributed by atoms with Gasteiger partial charge in [-0.05, 0) is 18.6 Å². The lowest BCUT2D eigenvalue weighted by Gasteiger charge is -2.28. The molecule has 0 saturated carbocycles. The van der Waals surface area contributed by atoms with Crippen LogP contribution in [0.15, 0.2) is 46.3 Å². The number of hydrogen-bond donors (Lipinski definition) is 5. The highest BCUT2D eigenvalue weighted by Crippen LogP contribution is 2.08. The number of dihydropyridines is 1. The topological polar surface area (TPSA) is 136 Å². The van der Waals surface area contributed by atoms with Crippen LogP contribution in [0.25, 0.3) is 0 Å². The molecule has 0 aromatic carbocycles. The average Bonchev–Trinajstić information content (AvgIpc) is 2.57. The van der Waals surface area contributed by atoms with Crippen molar-refractivity contribution in [2.75, 3.05) is 20.1 Å². The third kappa shape index (κ3) is 4.45. The first-order valence-electron chi connectivity index (χ1n) is 6.85. The molecule has 0 amide bonds. The molecular weight excluding hydrogens is 282 g/mol. The fourth-order valence-corrected chi connectivity index (χ4v) is 1.82. The van der Waals surface area contributed by atoms with Crippen LogP contribution in [0.5, 0.6) is 0 Å². The van der Waals surface area contributed by atoms with Gasteiger partial charge in [-0.2, -0.15) is 0 Å². The van der Waals surface area contributed by atoms with E-state index in [1.54, 1.807) is 18.1 Å². The van der Waals surface area contributed by atoms with Gasteiger partial charge < -0.3 is 26.9 Å². The summed E-state index contributed by atoms with van der Waals surface area (Å²) in [4.78, 5) is 5.80. The molecule has 0 fully saturated rings. The minimum absolute atomic E-state index is 0.108. The van der Waals surface area contributed by atoms with Gasteiger partial charge in [0, 0.05) is 38.6 Å². The summed E-state index contributed by atoms with van der Waals surface area (Å²) in [6.07, 6.45) is 9.53. The summed E-state index contributed by atoms with van der Waals surface area (Å²) >= 11 is 0. The van der Waals surface area contributed by atoms with E-state index in [4.69, 9.17) is 22.1 Å². The highest BCUT2D eigenvalue weighted by atomic mass is 16.4. The summed E-state index contributed by atoms with van der Waals surface area (Å²) in [5, 5.41) is 22.7. The van der Waals surface area contributed by atoms with Gasteiger partial charge in [-0.15, -0.1) is 0 Å². The Kier molecular flexibility index (Phi) is 6.84. The quantitative estimate of drug-likeness (QED) is 0.203. The Labute approximate surface area is 130 Å².